The molecule has 0 aromatic heterocycles. The molecule has 3 rings (SSSR count). The summed E-state index contributed by atoms with van der Waals surface area (Å²) in [6, 6.07) is 19.1. The van der Waals surface area contributed by atoms with Crippen LogP contribution in [0.5, 0.6) is 0 Å². The van der Waals surface area contributed by atoms with Crippen LogP contribution in [0.15, 0.2) is 60.7 Å². The second kappa shape index (κ2) is 7.43. The molecule has 0 bridgehead atoms. The zero-order valence-electron chi connectivity index (χ0n) is 13.3. The lowest BCUT2D eigenvalue weighted by Gasteiger charge is -2.09. The van der Waals surface area contributed by atoms with Crippen LogP contribution in [0.4, 0.5) is 8.78 Å². The predicted octanol–water partition coefficient (Wildman–Crippen LogP) is 6.86. The van der Waals surface area contributed by atoms with Crippen molar-refractivity contribution >= 4 is 22.6 Å². The maximum Gasteiger partial charge on any atom is 0.166 e. The summed E-state index contributed by atoms with van der Waals surface area (Å²) in [5.41, 5.74) is 3.59. The molecule has 3 aromatic carbocycles. The molecular formula is C21H17F2I. The molecule has 0 saturated heterocycles. The number of rotatable bonds is 4. The third-order valence-electron chi connectivity index (χ3n) is 4.06. The Morgan fingerprint density at radius 1 is 0.708 bits per heavy atom. The van der Waals surface area contributed by atoms with Crippen LogP contribution in [0.25, 0.3) is 22.3 Å². The molecule has 0 aliphatic heterocycles. The molecule has 0 amide bonds. The van der Waals surface area contributed by atoms with Crippen LogP contribution in [0, 0.1) is 15.2 Å². The monoisotopic (exact) mass is 434 g/mol. The minimum atomic E-state index is -0.761. The highest BCUT2D eigenvalue weighted by atomic mass is 127. The quantitative estimate of drug-likeness (QED) is 0.394. The van der Waals surface area contributed by atoms with E-state index in [2.05, 4.69) is 34.7 Å². The van der Waals surface area contributed by atoms with Gasteiger partial charge in [0.05, 0.1) is 0 Å². The summed E-state index contributed by atoms with van der Waals surface area (Å²) in [6.07, 6.45) is 1.34. The van der Waals surface area contributed by atoms with Gasteiger partial charge in [0, 0.05) is 9.13 Å². The third-order valence-corrected chi connectivity index (χ3v) is 4.77. The number of hydrogen-bond donors (Lipinski definition) is 0. The second-order valence-electron chi connectivity index (χ2n) is 5.73. The van der Waals surface area contributed by atoms with E-state index < -0.39 is 11.6 Å². The Morgan fingerprint density at radius 2 is 1.25 bits per heavy atom. The first-order valence-electron chi connectivity index (χ1n) is 7.93. The summed E-state index contributed by atoms with van der Waals surface area (Å²) < 4.78 is 29.7. The average Bonchev–Trinajstić information content (AvgIpc) is 2.60. The molecule has 122 valence electrons. The number of hydrogen-bond acceptors (Lipinski definition) is 0. The van der Waals surface area contributed by atoms with Crippen molar-refractivity contribution in [1.82, 2.24) is 0 Å². The van der Waals surface area contributed by atoms with Crippen molar-refractivity contribution in [3.63, 3.8) is 0 Å². The molecule has 0 spiro atoms. The van der Waals surface area contributed by atoms with Crippen LogP contribution in [-0.2, 0) is 6.42 Å². The summed E-state index contributed by atoms with van der Waals surface area (Å²) in [5, 5.41) is 0. The highest BCUT2D eigenvalue weighted by molar-refractivity contribution is 14.1. The van der Waals surface area contributed by atoms with Crippen molar-refractivity contribution in [2.24, 2.45) is 0 Å². The second-order valence-corrected chi connectivity index (χ2v) is 6.98. The lowest BCUT2D eigenvalue weighted by Crippen LogP contribution is -1.97. The first-order chi connectivity index (χ1) is 11.6. The minimum absolute atomic E-state index is 0.307. The molecule has 0 fully saturated rings. The molecule has 3 heteroatoms. The van der Waals surface area contributed by atoms with Gasteiger partial charge in [0.15, 0.2) is 11.6 Å². The van der Waals surface area contributed by atoms with Gasteiger partial charge in [-0.2, -0.15) is 0 Å². The Bertz CT molecular complexity index is 837. The SMILES string of the molecule is CCCc1ccc(-c2ccc(-c3ccc(I)cc3)cc2)c(F)c1F. The highest BCUT2D eigenvalue weighted by Gasteiger charge is 2.14. The first kappa shape index (κ1) is 17.1. The summed E-state index contributed by atoms with van der Waals surface area (Å²) in [7, 11) is 0. The molecule has 0 atom stereocenters. The van der Waals surface area contributed by atoms with Gasteiger partial charge in [-0.25, -0.2) is 8.78 Å². The molecule has 0 aliphatic carbocycles. The zero-order chi connectivity index (χ0) is 17.1. The summed E-state index contributed by atoms with van der Waals surface area (Å²) >= 11 is 2.27. The highest BCUT2D eigenvalue weighted by Crippen LogP contribution is 2.29. The van der Waals surface area contributed by atoms with Gasteiger partial charge in [-0.1, -0.05) is 61.9 Å². The zero-order valence-corrected chi connectivity index (χ0v) is 15.5. The fraction of sp³-hybridized carbons (Fsp3) is 0.143. The normalized spacial score (nSPS) is 10.8. The largest absolute Gasteiger partial charge is 0.203 e. The van der Waals surface area contributed by atoms with E-state index in [9.17, 15) is 8.78 Å². The van der Waals surface area contributed by atoms with E-state index in [-0.39, 0.29) is 0 Å². The maximum absolute atomic E-state index is 14.4. The number of benzene rings is 3. The molecule has 24 heavy (non-hydrogen) atoms. The van der Waals surface area contributed by atoms with Crippen LogP contribution in [0.2, 0.25) is 0 Å². The Kier molecular flexibility index (Phi) is 5.29. The lowest BCUT2D eigenvalue weighted by molar-refractivity contribution is 0.500. The molecule has 0 radical (unpaired) electrons. The van der Waals surface area contributed by atoms with Gasteiger partial charge in [0.25, 0.3) is 0 Å². The van der Waals surface area contributed by atoms with Gasteiger partial charge in [0.1, 0.15) is 0 Å². The van der Waals surface area contributed by atoms with Gasteiger partial charge in [-0.15, -0.1) is 0 Å². The van der Waals surface area contributed by atoms with Crippen molar-refractivity contribution in [3.05, 3.63) is 81.4 Å². The lowest BCUT2D eigenvalue weighted by atomic mass is 9.98. The molecule has 0 heterocycles. The Balaban J connectivity index is 1.93. The first-order valence-corrected chi connectivity index (χ1v) is 9.01. The van der Waals surface area contributed by atoms with Crippen molar-refractivity contribution in [1.29, 1.82) is 0 Å². The standard InChI is InChI=1S/C21H17F2I/c1-2-3-17-10-13-19(21(23)20(17)22)16-6-4-14(5-7-16)15-8-11-18(24)12-9-15/h4-13H,2-3H2,1H3. The molecule has 3 aromatic rings. The maximum atomic E-state index is 14.4. The van der Waals surface area contributed by atoms with Gasteiger partial charge in [0.2, 0.25) is 0 Å². The topological polar surface area (TPSA) is 0 Å². The Morgan fingerprint density at radius 3 is 1.83 bits per heavy atom. The predicted molar refractivity (Wildman–Crippen MR) is 104 cm³/mol. The van der Waals surface area contributed by atoms with Crippen LogP contribution >= 0.6 is 22.6 Å². The molecule has 0 N–H and O–H groups in total. The minimum Gasteiger partial charge on any atom is -0.203 e. The smallest absolute Gasteiger partial charge is 0.166 e. The molecular weight excluding hydrogens is 417 g/mol. The molecule has 0 nitrogen and oxygen atoms in total. The third kappa shape index (κ3) is 3.51. The number of aryl methyl sites for hydroxylation is 1. The summed E-state index contributed by atoms with van der Waals surface area (Å²) in [6.45, 7) is 1.95. The Hall–Kier alpha value is -1.75. The van der Waals surface area contributed by atoms with Crippen molar-refractivity contribution in [2.75, 3.05) is 0 Å². The molecule has 0 saturated carbocycles. The Labute approximate surface area is 154 Å². The van der Waals surface area contributed by atoms with E-state index in [0.717, 1.165) is 17.5 Å². The van der Waals surface area contributed by atoms with Gasteiger partial charge in [-0.05, 0) is 63.4 Å². The average molecular weight is 434 g/mol. The van der Waals surface area contributed by atoms with E-state index in [1.54, 1.807) is 12.1 Å². The van der Waals surface area contributed by atoms with Crippen LogP contribution in [0.3, 0.4) is 0 Å². The van der Waals surface area contributed by atoms with E-state index in [1.807, 2.05) is 43.3 Å². The van der Waals surface area contributed by atoms with E-state index in [1.165, 1.54) is 3.57 Å². The fourth-order valence-corrected chi connectivity index (χ4v) is 3.12. The van der Waals surface area contributed by atoms with Gasteiger partial charge in [-0.3, -0.25) is 0 Å². The van der Waals surface area contributed by atoms with Gasteiger partial charge < -0.3 is 0 Å². The molecule has 0 unspecified atom stereocenters. The van der Waals surface area contributed by atoms with Crippen molar-refractivity contribution < 1.29 is 8.78 Å². The van der Waals surface area contributed by atoms with E-state index in [4.69, 9.17) is 0 Å². The van der Waals surface area contributed by atoms with Crippen LogP contribution in [0.1, 0.15) is 18.9 Å². The van der Waals surface area contributed by atoms with Crippen molar-refractivity contribution in [2.45, 2.75) is 19.8 Å². The van der Waals surface area contributed by atoms with E-state index in [0.29, 0.717) is 23.1 Å². The van der Waals surface area contributed by atoms with Crippen molar-refractivity contribution in [3.8, 4) is 22.3 Å². The van der Waals surface area contributed by atoms with Gasteiger partial charge >= 0.3 is 0 Å². The molecule has 0 aliphatic rings. The summed E-state index contributed by atoms with van der Waals surface area (Å²) in [4.78, 5) is 0. The van der Waals surface area contributed by atoms with Crippen LogP contribution in [-0.4, -0.2) is 0 Å². The fourth-order valence-electron chi connectivity index (χ4n) is 2.76. The summed E-state index contributed by atoms with van der Waals surface area (Å²) in [5.74, 6) is -1.49. The van der Waals surface area contributed by atoms with Crippen LogP contribution < -0.4 is 0 Å². The number of halogens is 3. The van der Waals surface area contributed by atoms with E-state index >= 15 is 0 Å².